The summed E-state index contributed by atoms with van der Waals surface area (Å²) in [6.07, 6.45) is 0. The molecule has 5 heteroatoms. The van der Waals surface area contributed by atoms with E-state index in [-0.39, 0.29) is 17.2 Å². The van der Waals surface area contributed by atoms with Crippen molar-refractivity contribution < 1.29 is 9.18 Å². The normalized spacial score (nSPS) is 17.5. The van der Waals surface area contributed by atoms with Crippen molar-refractivity contribution in [2.24, 2.45) is 0 Å². The number of anilines is 1. The minimum atomic E-state index is -0.274. The molecule has 2 amide bonds. The molecule has 22 heavy (non-hydrogen) atoms. The molecule has 0 aliphatic carbocycles. The zero-order valence-corrected chi connectivity index (χ0v) is 13.1. The van der Waals surface area contributed by atoms with Gasteiger partial charge in [0.1, 0.15) is 11.2 Å². The maximum Gasteiger partial charge on any atom is 0.323 e. The Morgan fingerprint density at radius 2 is 2.05 bits per heavy atom. The first-order valence-electron chi connectivity index (χ1n) is 7.15. The van der Waals surface area contributed by atoms with Crippen molar-refractivity contribution >= 4 is 23.5 Å². The molecule has 1 saturated heterocycles. The molecule has 1 fully saturated rings. The number of halogens is 1. The molecule has 1 aliphatic rings. The van der Waals surface area contributed by atoms with Crippen LogP contribution in [0.2, 0.25) is 0 Å². The number of benzene rings is 2. The van der Waals surface area contributed by atoms with Crippen molar-refractivity contribution in [3.8, 4) is 0 Å². The molecule has 0 radical (unpaired) electrons. The van der Waals surface area contributed by atoms with Crippen molar-refractivity contribution in [3.05, 3.63) is 65.5 Å². The molecular weight excluding hydrogens is 299 g/mol. The number of nitrogens with zero attached hydrogens (tertiary/aromatic N) is 1. The highest BCUT2D eigenvalue weighted by Gasteiger charge is 2.30. The Bertz CT molecular complexity index is 675. The molecule has 1 N–H and O–H groups in total. The third kappa shape index (κ3) is 3.25. The van der Waals surface area contributed by atoms with E-state index in [0.29, 0.717) is 6.54 Å². The third-order valence-corrected chi connectivity index (χ3v) is 4.85. The predicted molar refractivity (Wildman–Crippen MR) is 88.5 cm³/mol. The molecule has 1 aliphatic heterocycles. The Kier molecular flexibility index (Phi) is 4.34. The minimum absolute atomic E-state index is 0.138. The second-order valence-electron chi connectivity index (χ2n) is 5.27. The number of carbonyl (C=O) groups excluding carboxylic acids is 1. The summed E-state index contributed by atoms with van der Waals surface area (Å²) in [5.41, 5.74) is 2.74. The number of hydrogen-bond donors (Lipinski definition) is 1. The molecule has 1 atom stereocenters. The molecule has 0 spiro atoms. The van der Waals surface area contributed by atoms with Crippen LogP contribution in [0.15, 0.2) is 48.5 Å². The van der Waals surface area contributed by atoms with E-state index < -0.39 is 0 Å². The van der Waals surface area contributed by atoms with Crippen LogP contribution in [0, 0.1) is 12.7 Å². The average molecular weight is 316 g/mol. The fraction of sp³-hybridized carbons (Fsp3) is 0.235. The number of urea groups is 1. The Labute approximate surface area is 133 Å². The van der Waals surface area contributed by atoms with Crippen LogP contribution in [-0.2, 0) is 0 Å². The fourth-order valence-electron chi connectivity index (χ4n) is 2.45. The molecule has 3 rings (SSSR count). The Morgan fingerprint density at radius 1 is 1.27 bits per heavy atom. The van der Waals surface area contributed by atoms with Crippen LogP contribution in [0.25, 0.3) is 0 Å². The molecule has 114 valence electrons. The van der Waals surface area contributed by atoms with Gasteiger partial charge in [-0.2, -0.15) is 0 Å². The number of hydrogen-bond acceptors (Lipinski definition) is 2. The lowest BCUT2D eigenvalue weighted by molar-refractivity contribution is 0.214. The van der Waals surface area contributed by atoms with Crippen LogP contribution < -0.4 is 5.32 Å². The zero-order chi connectivity index (χ0) is 15.5. The highest BCUT2D eigenvalue weighted by Crippen LogP contribution is 2.38. The molecule has 0 aromatic heterocycles. The Hall–Kier alpha value is -2.01. The van der Waals surface area contributed by atoms with Gasteiger partial charge in [-0.15, -0.1) is 11.8 Å². The molecule has 0 saturated carbocycles. The summed E-state index contributed by atoms with van der Waals surface area (Å²) in [6.45, 7) is 2.66. The smallest absolute Gasteiger partial charge is 0.308 e. The Balaban J connectivity index is 1.75. The van der Waals surface area contributed by atoms with E-state index in [9.17, 15) is 9.18 Å². The average Bonchev–Trinajstić information content (AvgIpc) is 2.99. The van der Waals surface area contributed by atoms with Gasteiger partial charge >= 0.3 is 6.03 Å². The SMILES string of the molecule is Cc1ccc(NC(=O)N2CCS[C@@H]2c2cccc(F)c2)cc1. The minimum Gasteiger partial charge on any atom is -0.308 e. The first kappa shape index (κ1) is 14.9. The van der Waals surface area contributed by atoms with E-state index >= 15 is 0 Å². The summed E-state index contributed by atoms with van der Waals surface area (Å²) in [6, 6.07) is 14.0. The largest absolute Gasteiger partial charge is 0.323 e. The van der Waals surface area contributed by atoms with E-state index in [1.165, 1.54) is 12.1 Å². The van der Waals surface area contributed by atoms with Gasteiger partial charge in [0.05, 0.1) is 0 Å². The summed E-state index contributed by atoms with van der Waals surface area (Å²) in [5, 5.41) is 2.77. The second kappa shape index (κ2) is 6.40. The molecule has 2 aromatic rings. The molecule has 0 bridgehead atoms. The lowest BCUT2D eigenvalue weighted by Gasteiger charge is -2.24. The van der Waals surface area contributed by atoms with Crippen molar-refractivity contribution in [1.29, 1.82) is 0 Å². The van der Waals surface area contributed by atoms with Crippen LogP contribution in [0.3, 0.4) is 0 Å². The van der Waals surface area contributed by atoms with Crippen molar-refractivity contribution in [1.82, 2.24) is 4.90 Å². The van der Waals surface area contributed by atoms with Gasteiger partial charge in [0.25, 0.3) is 0 Å². The van der Waals surface area contributed by atoms with Gasteiger partial charge in [0.2, 0.25) is 0 Å². The number of carbonyl (C=O) groups is 1. The molecule has 2 aromatic carbocycles. The number of rotatable bonds is 2. The van der Waals surface area contributed by atoms with Gasteiger partial charge in [0.15, 0.2) is 0 Å². The molecule has 0 unspecified atom stereocenters. The standard InChI is InChI=1S/C17H17FN2OS/c1-12-5-7-15(8-6-12)19-17(21)20-9-10-22-16(20)13-3-2-4-14(18)11-13/h2-8,11,16H,9-10H2,1H3,(H,19,21)/t16-/m1/s1. The summed E-state index contributed by atoms with van der Waals surface area (Å²) in [4.78, 5) is 14.2. The second-order valence-corrected chi connectivity index (χ2v) is 6.46. The first-order chi connectivity index (χ1) is 10.6. The summed E-state index contributed by atoms with van der Waals surface area (Å²) < 4.78 is 13.4. The van der Waals surface area contributed by atoms with E-state index in [1.54, 1.807) is 22.7 Å². The van der Waals surface area contributed by atoms with Crippen LogP contribution in [0.4, 0.5) is 14.9 Å². The quantitative estimate of drug-likeness (QED) is 0.890. The first-order valence-corrected chi connectivity index (χ1v) is 8.20. The molecule has 3 nitrogen and oxygen atoms in total. The highest BCUT2D eigenvalue weighted by atomic mass is 32.2. The topological polar surface area (TPSA) is 32.3 Å². The monoisotopic (exact) mass is 316 g/mol. The van der Waals surface area contributed by atoms with E-state index in [1.807, 2.05) is 37.3 Å². The summed E-state index contributed by atoms with van der Waals surface area (Å²) in [5.74, 6) is 0.576. The molecular formula is C17H17FN2OS. The van der Waals surface area contributed by atoms with E-state index in [0.717, 1.165) is 22.6 Å². The summed E-state index contributed by atoms with van der Waals surface area (Å²) >= 11 is 1.65. The van der Waals surface area contributed by atoms with Crippen LogP contribution in [0.5, 0.6) is 0 Å². The van der Waals surface area contributed by atoms with Gasteiger partial charge < -0.3 is 10.2 Å². The molecule has 1 heterocycles. The predicted octanol–water partition coefficient (Wildman–Crippen LogP) is 4.41. The lowest BCUT2D eigenvalue weighted by Crippen LogP contribution is -2.34. The van der Waals surface area contributed by atoms with Crippen LogP contribution >= 0.6 is 11.8 Å². The van der Waals surface area contributed by atoms with E-state index in [2.05, 4.69) is 5.32 Å². The van der Waals surface area contributed by atoms with Gasteiger partial charge in [-0.3, -0.25) is 0 Å². The van der Waals surface area contributed by atoms with Crippen molar-refractivity contribution in [3.63, 3.8) is 0 Å². The van der Waals surface area contributed by atoms with Crippen molar-refractivity contribution in [2.45, 2.75) is 12.3 Å². The van der Waals surface area contributed by atoms with Gasteiger partial charge in [-0.1, -0.05) is 29.8 Å². The van der Waals surface area contributed by atoms with Gasteiger partial charge in [-0.05, 0) is 36.8 Å². The fourth-order valence-corrected chi connectivity index (χ4v) is 3.69. The third-order valence-electron chi connectivity index (χ3n) is 3.59. The van der Waals surface area contributed by atoms with Crippen molar-refractivity contribution in [2.75, 3.05) is 17.6 Å². The zero-order valence-electron chi connectivity index (χ0n) is 12.3. The summed E-state index contributed by atoms with van der Waals surface area (Å²) in [7, 11) is 0. The maximum absolute atomic E-state index is 13.4. The lowest BCUT2D eigenvalue weighted by atomic mass is 10.2. The highest BCUT2D eigenvalue weighted by molar-refractivity contribution is 7.99. The van der Waals surface area contributed by atoms with Crippen LogP contribution in [-0.4, -0.2) is 23.2 Å². The number of thioether (sulfide) groups is 1. The van der Waals surface area contributed by atoms with Gasteiger partial charge in [-0.25, -0.2) is 9.18 Å². The Morgan fingerprint density at radius 3 is 2.77 bits per heavy atom. The number of nitrogens with one attached hydrogen (secondary N) is 1. The number of aryl methyl sites for hydroxylation is 1. The van der Waals surface area contributed by atoms with E-state index in [4.69, 9.17) is 0 Å². The van der Waals surface area contributed by atoms with Crippen LogP contribution in [0.1, 0.15) is 16.5 Å². The maximum atomic E-state index is 13.4. The van der Waals surface area contributed by atoms with Gasteiger partial charge in [0, 0.05) is 18.0 Å². The number of amides is 2.